The number of hydrazone groups is 1. The molecule has 2 heterocycles. The fourth-order valence-corrected chi connectivity index (χ4v) is 4.78. The summed E-state index contributed by atoms with van der Waals surface area (Å²) in [6.07, 6.45) is 1.51. The van der Waals surface area contributed by atoms with Gasteiger partial charge in [0.1, 0.15) is 16.7 Å². The Kier molecular flexibility index (Phi) is 5.77. The van der Waals surface area contributed by atoms with Gasteiger partial charge in [0.2, 0.25) is 10.0 Å². The van der Waals surface area contributed by atoms with E-state index in [9.17, 15) is 8.42 Å². The molecule has 9 heteroatoms. The van der Waals surface area contributed by atoms with Crippen LogP contribution in [0.25, 0.3) is 10.9 Å². The minimum absolute atomic E-state index is 0.242. The first kappa shape index (κ1) is 21.4. The van der Waals surface area contributed by atoms with Crippen molar-refractivity contribution in [2.24, 2.45) is 5.10 Å². The van der Waals surface area contributed by atoms with Gasteiger partial charge in [-0.15, -0.1) is 0 Å². The van der Waals surface area contributed by atoms with Gasteiger partial charge >= 0.3 is 0 Å². The molecule has 31 heavy (non-hydrogen) atoms. The van der Waals surface area contributed by atoms with Crippen molar-refractivity contribution in [2.45, 2.75) is 19.4 Å². The molecule has 0 amide bonds. The molecule has 1 aliphatic heterocycles. The van der Waals surface area contributed by atoms with E-state index >= 15 is 0 Å². The summed E-state index contributed by atoms with van der Waals surface area (Å²) in [7, 11) is -2.03. The Balaban J connectivity index is 1.74. The van der Waals surface area contributed by atoms with Gasteiger partial charge in [0.25, 0.3) is 0 Å². The van der Waals surface area contributed by atoms with Crippen LogP contribution in [0.5, 0.6) is 11.5 Å². The Morgan fingerprint density at radius 2 is 1.84 bits per heavy atom. The second-order valence-electron chi connectivity index (χ2n) is 7.19. The fourth-order valence-electron chi connectivity index (χ4n) is 3.61. The number of fused-ring (bicyclic) bond motifs is 1. The van der Waals surface area contributed by atoms with Gasteiger partial charge in [-0.3, -0.25) is 0 Å². The highest BCUT2D eigenvalue weighted by molar-refractivity contribution is 7.88. The average Bonchev–Trinajstić information content (AvgIpc) is 3.19. The van der Waals surface area contributed by atoms with Crippen LogP contribution in [-0.4, -0.2) is 43.5 Å². The molecule has 0 bridgehead atoms. The minimum Gasteiger partial charge on any atom is -0.497 e. The zero-order valence-electron chi connectivity index (χ0n) is 17.4. The summed E-state index contributed by atoms with van der Waals surface area (Å²) in [5.74, 6) is 1.42. The van der Waals surface area contributed by atoms with E-state index in [0.717, 1.165) is 21.6 Å². The molecule has 0 N–H and O–H groups in total. The molecule has 0 aliphatic carbocycles. The van der Waals surface area contributed by atoms with Crippen molar-refractivity contribution < 1.29 is 17.9 Å². The Bertz CT molecular complexity index is 1260. The molecule has 0 saturated carbocycles. The highest BCUT2D eigenvalue weighted by Crippen LogP contribution is 2.39. The molecule has 1 aliphatic rings. The summed E-state index contributed by atoms with van der Waals surface area (Å²) in [5, 5.41) is 5.50. The van der Waals surface area contributed by atoms with Crippen molar-refractivity contribution in [1.82, 2.24) is 9.40 Å². The highest BCUT2D eigenvalue weighted by Gasteiger charge is 2.36. The number of benzene rings is 2. The van der Waals surface area contributed by atoms with E-state index in [0.29, 0.717) is 41.3 Å². The van der Waals surface area contributed by atoms with E-state index < -0.39 is 16.1 Å². The molecular weight excluding hydrogens is 438 g/mol. The quantitative estimate of drug-likeness (QED) is 0.510. The summed E-state index contributed by atoms with van der Waals surface area (Å²) in [6.45, 7) is 2.46. The maximum Gasteiger partial charge on any atom is 0.247 e. The van der Waals surface area contributed by atoms with Gasteiger partial charge in [0.15, 0.2) is 0 Å². The standard InChI is InChI=1S/C22H22ClN3O4S/c1-4-30-17-10-7-15-11-18(22(23)24-19(15)12-17)21-13-20(25-26(21)31(3,27)28)14-5-8-16(29-2)9-6-14/h5-12,21H,4,13H2,1-3H3/t21-/m0/s1. The lowest BCUT2D eigenvalue weighted by atomic mass is 9.99. The monoisotopic (exact) mass is 459 g/mol. The van der Waals surface area contributed by atoms with E-state index in [2.05, 4.69) is 10.1 Å². The van der Waals surface area contributed by atoms with Gasteiger partial charge in [-0.1, -0.05) is 11.6 Å². The molecule has 3 aromatic rings. The SMILES string of the molecule is CCOc1ccc2cc([C@@H]3CC(c4ccc(OC)cc4)=NN3S(C)(=O)=O)c(Cl)nc2c1. The number of methoxy groups -OCH3 is 1. The van der Waals surface area contributed by atoms with Gasteiger partial charge in [-0.2, -0.15) is 9.52 Å². The van der Waals surface area contributed by atoms with E-state index in [1.54, 1.807) is 7.11 Å². The van der Waals surface area contributed by atoms with Crippen molar-refractivity contribution in [3.05, 3.63) is 64.8 Å². The zero-order chi connectivity index (χ0) is 22.2. The number of halogens is 1. The molecule has 2 aromatic carbocycles. The van der Waals surface area contributed by atoms with Crippen LogP contribution >= 0.6 is 11.6 Å². The highest BCUT2D eigenvalue weighted by atomic mass is 35.5. The molecule has 1 atom stereocenters. The third-order valence-electron chi connectivity index (χ3n) is 5.08. The van der Waals surface area contributed by atoms with E-state index in [1.165, 1.54) is 0 Å². The average molecular weight is 460 g/mol. The molecule has 0 unspecified atom stereocenters. The number of nitrogens with zero attached hydrogens (tertiary/aromatic N) is 3. The normalized spacial score (nSPS) is 16.5. The molecule has 162 valence electrons. The topological polar surface area (TPSA) is 81.1 Å². The van der Waals surface area contributed by atoms with Crippen LogP contribution in [0.1, 0.15) is 30.5 Å². The molecule has 0 saturated heterocycles. The first-order chi connectivity index (χ1) is 14.8. The van der Waals surface area contributed by atoms with Crippen LogP contribution in [0.15, 0.2) is 53.6 Å². The second kappa shape index (κ2) is 8.36. The number of aromatic nitrogens is 1. The minimum atomic E-state index is -3.62. The molecule has 0 radical (unpaired) electrons. The van der Waals surface area contributed by atoms with Crippen molar-refractivity contribution >= 4 is 38.2 Å². The number of pyridine rings is 1. The second-order valence-corrected chi connectivity index (χ2v) is 9.38. The van der Waals surface area contributed by atoms with Crippen molar-refractivity contribution in [2.75, 3.05) is 20.0 Å². The fraction of sp³-hybridized carbons (Fsp3) is 0.273. The smallest absolute Gasteiger partial charge is 0.247 e. The van der Waals surface area contributed by atoms with Crippen LogP contribution in [0.3, 0.4) is 0 Å². The third kappa shape index (κ3) is 4.31. The first-order valence-corrected chi connectivity index (χ1v) is 12.0. The van der Waals surface area contributed by atoms with Gasteiger partial charge in [-0.05, 0) is 55.0 Å². The Morgan fingerprint density at radius 1 is 1.13 bits per heavy atom. The zero-order valence-corrected chi connectivity index (χ0v) is 18.9. The van der Waals surface area contributed by atoms with E-state index in [4.69, 9.17) is 21.1 Å². The predicted molar refractivity (Wildman–Crippen MR) is 121 cm³/mol. The Morgan fingerprint density at radius 3 is 2.48 bits per heavy atom. The molecule has 1 aromatic heterocycles. The molecule has 4 rings (SSSR count). The van der Waals surface area contributed by atoms with E-state index in [-0.39, 0.29) is 5.15 Å². The van der Waals surface area contributed by atoms with Crippen molar-refractivity contribution in [3.8, 4) is 11.5 Å². The summed E-state index contributed by atoms with van der Waals surface area (Å²) >= 11 is 6.52. The summed E-state index contributed by atoms with van der Waals surface area (Å²) in [4.78, 5) is 4.50. The van der Waals surface area contributed by atoms with Crippen molar-refractivity contribution in [3.63, 3.8) is 0 Å². The third-order valence-corrected chi connectivity index (χ3v) is 6.39. The number of hydrogen-bond donors (Lipinski definition) is 0. The Labute approximate surface area is 186 Å². The first-order valence-electron chi connectivity index (χ1n) is 9.74. The van der Waals surface area contributed by atoms with Gasteiger partial charge in [0, 0.05) is 23.4 Å². The van der Waals surface area contributed by atoms with Crippen LogP contribution in [0, 0.1) is 0 Å². The molecule has 7 nitrogen and oxygen atoms in total. The molecule has 0 fully saturated rings. The van der Waals surface area contributed by atoms with Crippen molar-refractivity contribution in [1.29, 1.82) is 0 Å². The number of ether oxygens (including phenoxy) is 2. The maximum atomic E-state index is 12.5. The molecule has 0 spiro atoms. The lowest BCUT2D eigenvalue weighted by Crippen LogP contribution is -2.26. The summed E-state index contributed by atoms with van der Waals surface area (Å²) < 4.78 is 36.9. The van der Waals surface area contributed by atoms with Crippen LogP contribution in [-0.2, 0) is 10.0 Å². The van der Waals surface area contributed by atoms with Gasteiger partial charge < -0.3 is 9.47 Å². The van der Waals surface area contributed by atoms with Crippen LogP contribution in [0.2, 0.25) is 5.15 Å². The number of hydrogen-bond acceptors (Lipinski definition) is 6. The number of rotatable bonds is 6. The number of sulfonamides is 1. The largest absolute Gasteiger partial charge is 0.497 e. The van der Waals surface area contributed by atoms with E-state index in [1.807, 2.05) is 55.5 Å². The predicted octanol–water partition coefficient (Wildman–Crippen LogP) is 4.41. The van der Waals surface area contributed by atoms with Gasteiger partial charge in [0.05, 0.1) is 37.2 Å². The van der Waals surface area contributed by atoms with Crippen LogP contribution in [0.4, 0.5) is 0 Å². The Hall–Kier alpha value is -2.84. The maximum absolute atomic E-state index is 12.5. The lowest BCUT2D eigenvalue weighted by Gasteiger charge is -2.22. The lowest BCUT2D eigenvalue weighted by molar-refractivity contribution is 0.340. The summed E-state index contributed by atoms with van der Waals surface area (Å²) in [6, 6.07) is 14.2. The molecular formula is C22H22ClN3O4S. The van der Waals surface area contributed by atoms with Crippen LogP contribution < -0.4 is 9.47 Å². The summed E-state index contributed by atoms with van der Waals surface area (Å²) in [5.41, 5.74) is 2.76. The van der Waals surface area contributed by atoms with Gasteiger partial charge in [-0.25, -0.2) is 13.4 Å².